The lowest BCUT2D eigenvalue weighted by Crippen LogP contribution is -2.30. The van der Waals surface area contributed by atoms with Crippen LogP contribution in [0.1, 0.15) is 31.2 Å². The fraction of sp³-hybridized carbons (Fsp3) is 0.400. The minimum atomic E-state index is -0.437. The van der Waals surface area contributed by atoms with Gasteiger partial charge in [0.2, 0.25) is 5.91 Å². The van der Waals surface area contributed by atoms with E-state index in [0.29, 0.717) is 5.56 Å². The highest BCUT2D eigenvalue weighted by Crippen LogP contribution is 2.15. The van der Waals surface area contributed by atoms with E-state index in [1.54, 1.807) is 18.2 Å². The van der Waals surface area contributed by atoms with Crippen molar-refractivity contribution in [2.24, 2.45) is 0 Å². The van der Waals surface area contributed by atoms with Crippen molar-refractivity contribution >= 4 is 17.7 Å². The van der Waals surface area contributed by atoms with Crippen LogP contribution in [0.15, 0.2) is 30.3 Å². The average Bonchev–Trinajstić information content (AvgIpc) is 2.74. The van der Waals surface area contributed by atoms with Gasteiger partial charge in [-0.1, -0.05) is 25.0 Å². The van der Waals surface area contributed by atoms with E-state index in [1.807, 2.05) is 4.90 Å². The van der Waals surface area contributed by atoms with Crippen molar-refractivity contribution in [3.63, 3.8) is 0 Å². The van der Waals surface area contributed by atoms with Gasteiger partial charge in [-0.05, 0) is 24.5 Å². The van der Waals surface area contributed by atoms with Gasteiger partial charge in [0.1, 0.15) is 0 Å². The van der Waals surface area contributed by atoms with Crippen molar-refractivity contribution < 1.29 is 9.72 Å². The number of nitro groups is 1. The first kappa shape index (κ1) is 14.2. The van der Waals surface area contributed by atoms with Crippen molar-refractivity contribution in [2.45, 2.75) is 25.7 Å². The Labute approximate surface area is 118 Å². The number of likely N-dealkylation sites (tertiary alicyclic amines) is 1. The smallest absolute Gasteiger partial charge is 0.270 e. The first-order valence-corrected chi connectivity index (χ1v) is 6.88. The molecule has 0 aromatic heterocycles. The summed E-state index contributed by atoms with van der Waals surface area (Å²) >= 11 is 0. The lowest BCUT2D eigenvalue weighted by molar-refractivity contribution is -0.384. The summed E-state index contributed by atoms with van der Waals surface area (Å²) in [5.74, 6) is -0.0154. The zero-order valence-electron chi connectivity index (χ0n) is 11.3. The van der Waals surface area contributed by atoms with Gasteiger partial charge in [-0.2, -0.15) is 0 Å². The van der Waals surface area contributed by atoms with E-state index in [9.17, 15) is 14.9 Å². The Bertz CT molecular complexity index is 518. The predicted octanol–water partition coefficient (Wildman–Crippen LogP) is 3.01. The number of benzene rings is 1. The van der Waals surface area contributed by atoms with Crippen LogP contribution >= 0.6 is 0 Å². The number of hydrogen-bond acceptors (Lipinski definition) is 3. The third kappa shape index (κ3) is 3.91. The summed E-state index contributed by atoms with van der Waals surface area (Å²) in [7, 11) is 0. The molecule has 106 valence electrons. The van der Waals surface area contributed by atoms with E-state index in [-0.39, 0.29) is 11.6 Å². The second kappa shape index (κ2) is 6.84. The third-order valence-corrected chi connectivity index (χ3v) is 3.42. The second-order valence-electron chi connectivity index (χ2n) is 4.92. The van der Waals surface area contributed by atoms with Crippen LogP contribution in [-0.4, -0.2) is 28.8 Å². The van der Waals surface area contributed by atoms with Crippen molar-refractivity contribution in [3.8, 4) is 0 Å². The number of nitro benzene ring substituents is 1. The maximum absolute atomic E-state index is 12.0. The first-order valence-electron chi connectivity index (χ1n) is 6.88. The van der Waals surface area contributed by atoms with Gasteiger partial charge < -0.3 is 4.90 Å². The van der Waals surface area contributed by atoms with Gasteiger partial charge in [0.25, 0.3) is 5.69 Å². The molecule has 5 heteroatoms. The fourth-order valence-corrected chi connectivity index (χ4v) is 2.31. The summed E-state index contributed by atoms with van der Waals surface area (Å²) in [5, 5.41) is 10.7. The van der Waals surface area contributed by atoms with Gasteiger partial charge in [-0.3, -0.25) is 14.9 Å². The number of nitrogens with zero attached hydrogens (tertiary/aromatic N) is 2. The molecule has 1 aliphatic rings. The maximum atomic E-state index is 12.0. The van der Waals surface area contributed by atoms with Crippen LogP contribution in [0.25, 0.3) is 6.08 Å². The van der Waals surface area contributed by atoms with Gasteiger partial charge in [-0.25, -0.2) is 0 Å². The molecule has 0 bridgehead atoms. The van der Waals surface area contributed by atoms with E-state index in [2.05, 4.69) is 0 Å². The molecule has 1 heterocycles. The molecule has 2 rings (SSSR count). The monoisotopic (exact) mass is 274 g/mol. The van der Waals surface area contributed by atoms with Crippen LogP contribution in [0.2, 0.25) is 0 Å². The topological polar surface area (TPSA) is 63.4 Å². The minimum absolute atomic E-state index is 0.0154. The summed E-state index contributed by atoms with van der Waals surface area (Å²) in [4.78, 5) is 24.1. The molecule has 0 atom stereocenters. The Balaban J connectivity index is 2.02. The summed E-state index contributed by atoms with van der Waals surface area (Å²) in [6, 6.07) is 6.27. The highest BCUT2D eigenvalue weighted by Gasteiger charge is 2.12. The van der Waals surface area contributed by atoms with Crippen LogP contribution in [0.3, 0.4) is 0 Å². The normalized spacial score (nSPS) is 16.1. The highest BCUT2D eigenvalue weighted by atomic mass is 16.6. The summed E-state index contributed by atoms with van der Waals surface area (Å²) in [5.41, 5.74) is 0.705. The average molecular weight is 274 g/mol. The van der Waals surface area contributed by atoms with Crippen LogP contribution in [0.5, 0.6) is 0 Å². The molecule has 20 heavy (non-hydrogen) atoms. The number of amides is 1. The number of hydrogen-bond donors (Lipinski definition) is 0. The van der Waals surface area contributed by atoms with Gasteiger partial charge in [-0.15, -0.1) is 0 Å². The largest absolute Gasteiger partial charge is 0.339 e. The van der Waals surface area contributed by atoms with Crippen LogP contribution in [-0.2, 0) is 4.79 Å². The number of rotatable bonds is 3. The summed E-state index contributed by atoms with van der Waals surface area (Å²) in [6.45, 7) is 1.61. The van der Waals surface area contributed by atoms with Crippen molar-refractivity contribution in [2.75, 3.05) is 13.1 Å². The zero-order valence-corrected chi connectivity index (χ0v) is 11.3. The lowest BCUT2D eigenvalue weighted by Gasteiger charge is -2.17. The Morgan fingerprint density at radius 2 is 1.90 bits per heavy atom. The van der Waals surface area contributed by atoms with Crippen LogP contribution in [0, 0.1) is 10.1 Å². The van der Waals surface area contributed by atoms with Crippen molar-refractivity contribution in [1.29, 1.82) is 0 Å². The second-order valence-corrected chi connectivity index (χ2v) is 4.92. The minimum Gasteiger partial charge on any atom is -0.339 e. The Morgan fingerprint density at radius 3 is 2.55 bits per heavy atom. The highest BCUT2D eigenvalue weighted by molar-refractivity contribution is 5.91. The third-order valence-electron chi connectivity index (χ3n) is 3.42. The van der Waals surface area contributed by atoms with Crippen LogP contribution in [0.4, 0.5) is 5.69 Å². The predicted molar refractivity (Wildman–Crippen MR) is 77.2 cm³/mol. The molecular formula is C15H18N2O3. The van der Waals surface area contributed by atoms with E-state index < -0.39 is 4.92 Å². The molecule has 1 aromatic carbocycles. The zero-order chi connectivity index (χ0) is 14.4. The molecule has 0 saturated carbocycles. The van der Waals surface area contributed by atoms with Crippen molar-refractivity contribution in [3.05, 3.63) is 46.0 Å². The van der Waals surface area contributed by atoms with Gasteiger partial charge in [0.05, 0.1) is 4.92 Å². The Kier molecular flexibility index (Phi) is 4.87. The molecule has 0 unspecified atom stereocenters. The first-order chi connectivity index (χ1) is 9.66. The van der Waals surface area contributed by atoms with Gasteiger partial charge >= 0.3 is 0 Å². The number of carbonyl (C=O) groups excluding carboxylic acids is 1. The van der Waals surface area contributed by atoms with E-state index in [1.165, 1.54) is 31.1 Å². The SMILES string of the molecule is O=C(C=Cc1cccc([N+](=O)[O-])c1)N1CCCCCC1. The molecule has 0 N–H and O–H groups in total. The molecule has 1 aliphatic heterocycles. The number of non-ortho nitro benzene ring substituents is 1. The van der Waals surface area contributed by atoms with Crippen molar-refractivity contribution in [1.82, 2.24) is 4.90 Å². The molecule has 0 spiro atoms. The standard InChI is InChI=1S/C15H18N2O3/c18-15(16-10-3-1-2-4-11-16)9-8-13-6-5-7-14(12-13)17(19)20/h5-9,12H,1-4,10-11H2. The maximum Gasteiger partial charge on any atom is 0.270 e. The lowest BCUT2D eigenvalue weighted by atomic mass is 10.2. The van der Waals surface area contributed by atoms with E-state index in [4.69, 9.17) is 0 Å². The van der Waals surface area contributed by atoms with E-state index in [0.717, 1.165) is 25.9 Å². The summed E-state index contributed by atoms with van der Waals surface area (Å²) in [6.07, 6.45) is 7.61. The fourth-order valence-electron chi connectivity index (χ4n) is 2.31. The summed E-state index contributed by atoms with van der Waals surface area (Å²) < 4.78 is 0. The molecule has 0 radical (unpaired) electrons. The Morgan fingerprint density at radius 1 is 1.20 bits per heavy atom. The molecule has 0 aliphatic carbocycles. The quantitative estimate of drug-likeness (QED) is 0.483. The Hall–Kier alpha value is -2.17. The van der Waals surface area contributed by atoms with Gasteiger partial charge in [0, 0.05) is 31.3 Å². The molecule has 1 fully saturated rings. The molecule has 1 amide bonds. The van der Waals surface area contributed by atoms with Crippen LogP contribution < -0.4 is 0 Å². The molecular weight excluding hydrogens is 256 g/mol. The number of carbonyl (C=O) groups is 1. The molecule has 5 nitrogen and oxygen atoms in total. The van der Waals surface area contributed by atoms with Gasteiger partial charge in [0.15, 0.2) is 0 Å². The van der Waals surface area contributed by atoms with E-state index >= 15 is 0 Å². The molecule has 1 saturated heterocycles. The molecule has 1 aromatic rings.